The quantitative estimate of drug-likeness (QED) is 0.501. The van der Waals surface area contributed by atoms with Crippen LogP contribution in [0.2, 0.25) is 0 Å². The summed E-state index contributed by atoms with van der Waals surface area (Å²) in [5.41, 5.74) is 7.80. The second-order valence-electron chi connectivity index (χ2n) is 3.28. The van der Waals surface area contributed by atoms with E-state index >= 15 is 0 Å². The van der Waals surface area contributed by atoms with Crippen molar-refractivity contribution >= 4 is 12.2 Å². The first kappa shape index (κ1) is 9.01. The molecule has 1 fully saturated rings. The van der Waals surface area contributed by atoms with E-state index in [-0.39, 0.29) is 6.04 Å². The Bertz CT molecular complexity index is 300. The van der Waals surface area contributed by atoms with Gasteiger partial charge in [-0.1, -0.05) is 0 Å². The van der Waals surface area contributed by atoms with Crippen molar-refractivity contribution in [2.24, 2.45) is 10.7 Å². The second-order valence-corrected chi connectivity index (χ2v) is 3.28. The van der Waals surface area contributed by atoms with Crippen molar-refractivity contribution in [3.05, 3.63) is 12.0 Å². The zero-order valence-electron chi connectivity index (χ0n) is 7.56. The molecule has 0 radical (unpaired) electrons. The van der Waals surface area contributed by atoms with Gasteiger partial charge in [0.1, 0.15) is 6.04 Å². The highest BCUT2D eigenvalue weighted by Gasteiger charge is 2.27. The lowest BCUT2D eigenvalue weighted by molar-refractivity contribution is -0.122. The molecule has 2 unspecified atom stereocenters. The predicted octanol–water partition coefficient (Wildman–Crippen LogP) is -1.00. The van der Waals surface area contributed by atoms with Crippen molar-refractivity contribution in [3.63, 3.8) is 0 Å². The zero-order chi connectivity index (χ0) is 9.97. The first-order valence-corrected chi connectivity index (χ1v) is 4.47. The Labute approximate surface area is 81.2 Å². The lowest BCUT2D eigenvalue weighted by atomic mass is 10.1. The number of fused-ring (bicyclic) bond motifs is 1. The molecule has 0 bridgehead atoms. The van der Waals surface area contributed by atoms with E-state index in [0.717, 1.165) is 6.42 Å². The van der Waals surface area contributed by atoms with Crippen molar-refractivity contribution in [2.45, 2.75) is 24.9 Å². The number of rotatable bonds is 1. The van der Waals surface area contributed by atoms with Gasteiger partial charge < -0.3 is 15.9 Å². The average molecular weight is 196 g/mol. The summed E-state index contributed by atoms with van der Waals surface area (Å²) < 4.78 is 0. The molecule has 2 rings (SSSR count). The Morgan fingerprint density at radius 1 is 1.64 bits per heavy atom. The molecule has 0 spiro atoms. The molecule has 1 amide bonds. The van der Waals surface area contributed by atoms with Crippen LogP contribution in [0.25, 0.3) is 0 Å². The largest absolute Gasteiger partial charge is 0.409 e. The summed E-state index contributed by atoms with van der Waals surface area (Å²) in [4.78, 5) is 20.0. The highest BCUT2D eigenvalue weighted by atomic mass is 16.7. The van der Waals surface area contributed by atoms with Crippen LogP contribution in [0.4, 0.5) is 0 Å². The van der Waals surface area contributed by atoms with Gasteiger partial charge in [-0.25, -0.2) is 4.99 Å². The maximum absolute atomic E-state index is 10.9. The van der Waals surface area contributed by atoms with E-state index < -0.39 is 11.9 Å². The number of aliphatic imine (C=N–C) groups is 1. The SMILES string of the molecule is NC(=O)C1CCC2NC=NC=C2ON1. The Hall–Kier alpha value is -1.56. The van der Waals surface area contributed by atoms with Crippen LogP contribution in [-0.2, 0) is 9.63 Å². The van der Waals surface area contributed by atoms with E-state index in [0.29, 0.717) is 12.2 Å². The van der Waals surface area contributed by atoms with Gasteiger partial charge >= 0.3 is 0 Å². The normalized spacial score (nSPS) is 30.4. The zero-order valence-corrected chi connectivity index (χ0v) is 7.56. The van der Waals surface area contributed by atoms with Crippen LogP contribution in [0.3, 0.4) is 0 Å². The Morgan fingerprint density at radius 3 is 3.29 bits per heavy atom. The number of amides is 1. The molecule has 14 heavy (non-hydrogen) atoms. The van der Waals surface area contributed by atoms with Gasteiger partial charge in [0.25, 0.3) is 0 Å². The van der Waals surface area contributed by atoms with Crippen molar-refractivity contribution in [1.29, 1.82) is 0 Å². The van der Waals surface area contributed by atoms with Gasteiger partial charge in [0.15, 0.2) is 5.76 Å². The molecule has 2 atom stereocenters. The summed E-state index contributed by atoms with van der Waals surface area (Å²) in [7, 11) is 0. The van der Waals surface area contributed by atoms with Gasteiger partial charge in [-0.2, -0.15) is 0 Å². The minimum absolute atomic E-state index is 0.0874. The van der Waals surface area contributed by atoms with Crippen LogP contribution >= 0.6 is 0 Å². The first-order valence-electron chi connectivity index (χ1n) is 4.47. The lowest BCUT2D eigenvalue weighted by Crippen LogP contribution is -2.39. The second kappa shape index (κ2) is 3.67. The minimum Gasteiger partial charge on any atom is -0.409 e. The standard InChI is InChI=1S/C8H12N4O2/c9-8(13)6-2-1-5-7(14-12-6)3-10-4-11-5/h3-6,12H,1-2H2,(H2,9,13)(H,10,11). The number of nitrogens with zero attached hydrogens (tertiary/aromatic N) is 1. The molecule has 0 aliphatic carbocycles. The molecule has 2 aliphatic rings. The number of hydrogen-bond acceptors (Lipinski definition) is 5. The van der Waals surface area contributed by atoms with Gasteiger partial charge in [-0.3, -0.25) is 4.79 Å². The molecule has 0 aromatic heterocycles. The molecular formula is C8H12N4O2. The molecule has 6 nitrogen and oxygen atoms in total. The van der Waals surface area contributed by atoms with Gasteiger partial charge in [0, 0.05) is 0 Å². The monoisotopic (exact) mass is 196 g/mol. The van der Waals surface area contributed by atoms with E-state index in [1.807, 2.05) is 0 Å². The number of nitrogens with one attached hydrogen (secondary N) is 2. The van der Waals surface area contributed by atoms with Crippen LogP contribution in [0.15, 0.2) is 17.0 Å². The van der Waals surface area contributed by atoms with Crippen LogP contribution in [-0.4, -0.2) is 24.3 Å². The Balaban J connectivity index is 2.06. The third kappa shape index (κ3) is 1.69. The molecular weight excluding hydrogens is 184 g/mol. The molecule has 4 N–H and O–H groups in total. The summed E-state index contributed by atoms with van der Waals surface area (Å²) in [6.07, 6.45) is 4.68. The minimum atomic E-state index is -0.428. The van der Waals surface area contributed by atoms with Crippen molar-refractivity contribution < 1.29 is 9.63 Å². The number of hydrogen-bond donors (Lipinski definition) is 3. The van der Waals surface area contributed by atoms with Crippen molar-refractivity contribution in [1.82, 2.24) is 10.8 Å². The molecule has 76 valence electrons. The van der Waals surface area contributed by atoms with E-state index in [2.05, 4.69) is 15.8 Å². The van der Waals surface area contributed by atoms with Gasteiger partial charge in [0.2, 0.25) is 5.91 Å². The fourth-order valence-corrected chi connectivity index (χ4v) is 1.47. The van der Waals surface area contributed by atoms with Crippen molar-refractivity contribution in [3.8, 4) is 0 Å². The van der Waals surface area contributed by atoms with Crippen LogP contribution in [0, 0.1) is 0 Å². The predicted molar refractivity (Wildman–Crippen MR) is 49.9 cm³/mol. The molecule has 6 heteroatoms. The van der Waals surface area contributed by atoms with E-state index in [9.17, 15) is 4.79 Å². The smallest absolute Gasteiger partial charge is 0.237 e. The van der Waals surface area contributed by atoms with Crippen LogP contribution < -0.4 is 16.5 Å². The van der Waals surface area contributed by atoms with Crippen LogP contribution in [0.5, 0.6) is 0 Å². The highest BCUT2D eigenvalue weighted by molar-refractivity contribution is 5.79. The fraction of sp³-hybridized carbons (Fsp3) is 0.500. The molecule has 0 aromatic carbocycles. The molecule has 2 heterocycles. The number of primary amides is 1. The summed E-state index contributed by atoms with van der Waals surface area (Å²) in [5.74, 6) is 0.293. The number of nitrogens with two attached hydrogens (primary N) is 1. The van der Waals surface area contributed by atoms with Crippen LogP contribution in [0.1, 0.15) is 12.8 Å². The first-order chi connectivity index (χ1) is 6.77. The van der Waals surface area contributed by atoms with Gasteiger partial charge in [-0.15, -0.1) is 5.48 Å². The van der Waals surface area contributed by atoms with Crippen molar-refractivity contribution in [2.75, 3.05) is 0 Å². The third-order valence-electron chi connectivity index (χ3n) is 2.30. The number of carbonyl (C=O) groups excluding carboxylic acids is 1. The maximum atomic E-state index is 10.9. The maximum Gasteiger partial charge on any atom is 0.237 e. The average Bonchev–Trinajstić information content (AvgIpc) is 2.39. The summed E-state index contributed by atoms with van der Waals surface area (Å²) in [6.45, 7) is 0. The lowest BCUT2D eigenvalue weighted by Gasteiger charge is -2.18. The Morgan fingerprint density at radius 2 is 2.50 bits per heavy atom. The van der Waals surface area contributed by atoms with E-state index in [1.165, 1.54) is 0 Å². The van der Waals surface area contributed by atoms with E-state index in [4.69, 9.17) is 10.6 Å². The number of carbonyl (C=O) groups is 1. The fourth-order valence-electron chi connectivity index (χ4n) is 1.47. The Kier molecular flexibility index (Phi) is 2.36. The summed E-state index contributed by atoms with van der Waals surface area (Å²) in [5, 5.41) is 3.04. The summed E-state index contributed by atoms with van der Waals surface area (Å²) >= 11 is 0. The molecule has 0 aromatic rings. The molecule has 1 saturated heterocycles. The van der Waals surface area contributed by atoms with Gasteiger partial charge in [0.05, 0.1) is 18.6 Å². The molecule has 2 aliphatic heterocycles. The van der Waals surface area contributed by atoms with Gasteiger partial charge in [-0.05, 0) is 12.8 Å². The van der Waals surface area contributed by atoms with E-state index in [1.54, 1.807) is 12.5 Å². The summed E-state index contributed by atoms with van der Waals surface area (Å²) in [6, 6.07) is -0.340. The third-order valence-corrected chi connectivity index (χ3v) is 2.30. The number of hydroxylamine groups is 1. The molecule has 0 saturated carbocycles. The highest BCUT2D eigenvalue weighted by Crippen LogP contribution is 2.17. The topological polar surface area (TPSA) is 88.7 Å².